The lowest BCUT2D eigenvalue weighted by Crippen LogP contribution is -2.39. The van der Waals surface area contributed by atoms with Gasteiger partial charge in [0, 0.05) is 31.2 Å². The van der Waals surface area contributed by atoms with Crippen molar-refractivity contribution in [3.63, 3.8) is 0 Å². The van der Waals surface area contributed by atoms with E-state index in [0.717, 1.165) is 24.4 Å². The van der Waals surface area contributed by atoms with Crippen LogP contribution < -0.4 is 10.1 Å². The summed E-state index contributed by atoms with van der Waals surface area (Å²) in [5.74, 6) is 1.57. The number of carbonyl (C=O) groups excluding carboxylic acids is 1. The van der Waals surface area contributed by atoms with Gasteiger partial charge >= 0.3 is 0 Å². The highest BCUT2D eigenvalue weighted by molar-refractivity contribution is 7.99. The van der Waals surface area contributed by atoms with Gasteiger partial charge in [-0.2, -0.15) is 0 Å². The summed E-state index contributed by atoms with van der Waals surface area (Å²) in [5, 5.41) is 12.1. The molecule has 0 aliphatic carbocycles. The van der Waals surface area contributed by atoms with Gasteiger partial charge in [-0.3, -0.25) is 4.79 Å². The maximum absolute atomic E-state index is 12.3. The molecule has 1 saturated heterocycles. The van der Waals surface area contributed by atoms with E-state index >= 15 is 0 Å². The Kier molecular flexibility index (Phi) is 7.37. The first-order valence-corrected chi connectivity index (χ1v) is 12.6. The Bertz CT molecular complexity index is 975. The fraction of sp³-hybridized carbons (Fsp3) is 0.526. The van der Waals surface area contributed by atoms with Gasteiger partial charge in [0.2, 0.25) is 15.9 Å². The molecule has 30 heavy (non-hydrogen) atoms. The molecular weight excluding hydrogens is 426 g/mol. The van der Waals surface area contributed by atoms with Crippen LogP contribution in [0.2, 0.25) is 0 Å². The van der Waals surface area contributed by atoms with Crippen molar-refractivity contribution in [2.45, 2.75) is 37.4 Å². The van der Waals surface area contributed by atoms with Gasteiger partial charge in [0.05, 0.1) is 19.1 Å². The number of amides is 1. The van der Waals surface area contributed by atoms with E-state index in [1.54, 1.807) is 31.4 Å². The SMILES string of the molecule is CCn1c(SCC(=O)Nc2ccc(OC)cc2)nnc1[C@H]1CCCN(S(C)(=O)=O)C1. The summed E-state index contributed by atoms with van der Waals surface area (Å²) < 4.78 is 32.4. The molecule has 0 spiro atoms. The van der Waals surface area contributed by atoms with Crippen LogP contribution in [0.5, 0.6) is 5.75 Å². The molecule has 164 valence electrons. The largest absolute Gasteiger partial charge is 0.497 e. The van der Waals surface area contributed by atoms with E-state index in [2.05, 4.69) is 15.5 Å². The van der Waals surface area contributed by atoms with Crippen LogP contribution in [-0.4, -0.2) is 65.6 Å². The fourth-order valence-corrected chi connectivity index (χ4v) is 5.18. The average Bonchev–Trinajstić information content (AvgIpc) is 3.15. The predicted molar refractivity (Wildman–Crippen MR) is 116 cm³/mol. The number of nitrogens with one attached hydrogen (secondary N) is 1. The Morgan fingerprint density at radius 1 is 1.30 bits per heavy atom. The smallest absolute Gasteiger partial charge is 0.234 e. The molecule has 2 heterocycles. The van der Waals surface area contributed by atoms with Crippen molar-refractivity contribution in [1.82, 2.24) is 19.1 Å². The summed E-state index contributed by atoms with van der Waals surface area (Å²) >= 11 is 1.32. The number of hydrogen-bond acceptors (Lipinski definition) is 7. The molecule has 9 nitrogen and oxygen atoms in total. The highest BCUT2D eigenvalue weighted by Gasteiger charge is 2.30. The van der Waals surface area contributed by atoms with Gasteiger partial charge in [0.25, 0.3) is 0 Å². The molecule has 1 aromatic heterocycles. The number of carbonyl (C=O) groups is 1. The van der Waals surface area contributed by atoms with Crippen molar-refractivity contribution in [2.75, 3.05) is 37.5 Å². The summed E-state index contributed by atoms with van der Waals surface area (Å²) in [5.41, 5.74) is 0.696. The van der Waals surface area contributed by atoms with E-state index in [1.807, 2.05) is 11.5 Å². The molecule has 1 aliphatic rings. The van der Waals surface area contributed by atoms with Crippen LogP contribution in [0.1, 0.15) is 31.5 Å². The first-order chi connectivity index (χ1) is 14.3. The van der Waals surface area contributed by atoms with Crippen LogP contribution in [0.15, 0.2) is 29.4 Å². The van der Waals surface area contributed by atoms with Crippen LogP contribution in [0.25, 0.3) is 0 Å². The van der Waals surface area contributed by atoms with Crippen molar-refractivity contribution in [2.24, 2.45) is 0 Å². The van der Waals surface area contributed by atoms with E-state index in [1.165, 1.54) is 22.3 Å². The Balaban J connectivity index is 1.63. The van der Waals surface area contributed by atoms with Crippen molar-refractivity contribution in [1.29, 1.82) is 0 Å². The number of anilines is 1. The highest BCUT2D eigenvalue weighted by Crippen LogP contribution is 2.29. The normalized spacial score (nSPS) is 17.6. The molecule has 3 rings (SSSR count). The molecule has 1 aliphatic heterocycles. The second kappa shape index (κ2) is 9.80. The van der Waals surface area contributed by atoms with Crippen molar-refractivity contribution >= 4 is 33.4 Å². The average molecular weight is 454 g/mol. The molecule has 1 aromatic carbocycles. The van der Waals surface area contributed by atoms with E-state index in [0.29, 0.717) is 30.5 Å². The minimum absolute atomic E-state index is 0.00315. The van der Waals surface area contributed by atoms with Gasteiger partial charge in [-0.15, -0.1) is 10.2 Å². The van der Waals surface area contributed by atoms with Gasteiger partial charge in [-0.25, -0.2) is 12.7 Å². The Morgan fingerprint density at radius 2 is 2.03 bits per heavy atom. The van der Waals surface area contributed by atoms with Crippen LogP contribution in [0, 0.1) is 0 Å². The summed E-state index contributed by atoms with van der Waals surface area (Å²) in [6.45, 7) is 3.61. The zero-order valence-electron chi connectivity index (χ0n) is 17.4. The topological polar surface area (TPSA) is 106 Å². The molecular formula is C19H27N5O4S2. The first-order valence-electron chi connectivity index (χ1n) is 9.76. The van der Waals surface area contributed by atoms with Crippen molar-refractivity contribution < 1.29 is 17.9 Å². The zero-order chi connectivity index (χ0) is 21.7. The van der Waals surface area contributed by atoms with Gasteiger partial charge in [-0.1, -0.05) is 11.8 Å². The minimum atomic E-state index is -3.23. The lowest BCUT2D eigenvalue weighted by atomic mass is 9.99. The number of rotatable bonds is 8. The zero-order valence-corrected chi connectivity index (χ0v) is 19.0. The number of aromatic nitrogens is 3. The standard InChI is InChI=1S/C19H27N5O4S2/c1-4-24-18(14-6-5-11-23(12-14)30(3,26)27)21-22-19(24)29-13-17(25)20-15-7-9-16(28-2)10-8-15/h7-10,14H,4-6,11-13H2,1-3H3,(H,20,25)/t14-/m0/s1. The third-order valence-corrected chi connectivity index (χ3v) is 7.22. The summed E-state index contributed by atoms with van der Waals surface area (Å²) in [4.78, 5) is 12.3. The lowest BCUT2D eigenvalue weighted by molar-refractivity contribution is -0.113. The second-order valence-corrected chi connectivity index (χ2v) is 10.0. The number of methoxy groups -OCH3 is 1. The lowest BCUT2D eigenvalue weighted by Gasteiger charge is -2.30. The van der Waals surface area contributed by atoms with Crippen LogP contribution in [0.4, 0.5) is 5.69 Å². The van der Waals surface area contributed by atoms with Crippen molar-refractivity contribution in [3.8, 4) is 5.75 Å². The van der Waals surface area contributed by atoms with Crippen LogP contribution in [-0.2, 0) is 21.4 Å². The summed E-state index contributed by atoms with van der Waals surface area (Å²) in [7, 11) is -1.63. The molecule has 0 bridgehead atoms. The molecule has 11 heteroatoms. The number of thioether (sulfide) groups is 1. The van der Waals surface area contributed by atoms with Gasteiger partial charge in [0.1, 0.15) is 11.6 Å². The van der Waals surface area contributed by atoms with E-state index in [4.69, 9.17) is 4.74 Å². The molecule has 1 amide bonds. The fourth-order valence-electron chi connectivity index (χ4n) is 3.46. The number of nitrogens with zero attached hydrogens (tertiary/aromatic N) is 4. The first kappa shape index (κ1) is 22.6. The van der Waals surface area contributed by atoms with Gasteiger partial charge in [-0.05, 0) is 44.0 Å². The predicted octanol–water partition coefficient (Wildman–Crippen LogP) is 2.18. The molecule has 0 radical (unpaired) electrons. The Morgan fingerprint density at radius 3 is 2.67 bits per heavy atom. The highest BCUT2D eigenvalue weighted by atomic mass is 32.2. The van der Waals surface area contributed by atoms with E-state index in [-0.39, 0.29) is 17.6 Å². The summed E-state index contributed by atoms with van der Waals surface area (Å²) in [6.07, 6.45) is 2.90. The molecule has 0 unspecified atom stereocenters. The van der Waals surface area contributed by atoms with Crippen LogP contribution >= 0.6 is 11.8 Å². The molecule has 1 fully saturated rings. The van der Waals surface area contributed by atoms with E-state index in [9.17, 15) is 13.2 Å². The monoisotopic (exact) mass is 453 g/mol. The molecule has 0 saturated carbocycles. The molecule has 1 atom stereocenters. The number of hydrogen-bond donors (Lipinski definition) is 1. The summed E-state index contributed by atoms with van der Waals surface area (Å²) in [6, 6.07) is 7.13. The van der Waals surface area contributed by atoms with E-state index < -0.39 is 10.0 Å². The van der Waals surface area contributed by atoms with Gasteiger partial charge in [0.15, 0.2) is 5.16 Å². The maximum atomic E-state index is 12.3. The third-order valence-electron chi connectivity index (χ3n) is 4.99. The molecule has 1 N–H and O–H groups in total. The van der Waals surface area contributed by atoms with Crippen LogP contribution in [0.3, 0.4) is 0 Å². The minimum Gasteiger partial charge on any atom is -0.497 e. The van der Waals surface area contributed by atoms with Crippen molar-refractivity contribution in [3.05, 3.63) is 30.1 Å². The number of sulfonamides is 1. The number of benzene rings is 1. The third kappa shape index (κ3) is 5.52. The number of ether oxygens (including phenoxy) is 1. The quantitative estimate of drug-likeness (QED) is 0.611. The Labute approximate surface area is 181 Å². The van der Waals surface area contributed by atoms with Gasteiger partial charge < -0.3 is 14.6 Å². The maximum Gasteiger partial charge on any atom is 0.234 e. The Hall–Kier alpha value is -2.11. The molecule has 2 aromatic rings. The second-order valence-electron chi connectivity index (χ2n) is 7.11. The number of piperidine rings is 1.